The van der Waals surface area contributed by atoms with E-state index in [9.17, 15) is 4.79 Å². The Balaban J connectivity index is 1.55. The molecular weight excluding hydrogens is 427 g/mol. The molecule has 3 rings (SSSR count). The van der Waals surface area contributed by atoms with Crippen LogP contribution in [-0.4, -0.2) is 26.4 Å². The molecule has 1 N–H and O–H groups in total. The number of benzene rings is 1. The van der Waals surface area contributed by atoms with Gasteiger partial charge in [-0.2, -0.15) is 0 Å². The quantitative estimate of drug-likeness (QED) is 0.471. The lowest BCUT2D eigenvalue weighted by Gasteiger charge is -2.06. The summed E-state index contributed by atoms with van der Waals surface area (Å²) >= 11 is 3.56. The number of aromatic nitrogens is 3. The van der Waals surface area contributed by atoms with Crippen LogP contribution in [0.3, 0.4) is 0 Å². The third-order valence-corrected chi connectivity index (χ3v) is 4.65. The first-order valence-electron chi connectivity index (χ1n) is 6.79. The van der Waals surface area contributed by atoms with Crippen molar-refractivity contribution in [2.24, 2.45) is 0 Å². The first-order valence-corrected chi connectivity index (χ1v) is 8.85. The number of amides is 1. The number of nitrogens with zero attached hydrogens (tertiary/aromatic N) is 3. The first-order chi connectivity index (χ1) is 11.2. The van der Waals surface area contributed by atoms with Crippen molar-refractivity contribution in [1.82, 2.24) is 14.8 Å². The van der Waals surface area contributed by atoms with Crippen molar-refractivity contribution in [2.45, 2.75) is 11.7 Å². The van der Waals surface area contributed by atoms with Gasteiger partial charge in [0, 0.05) is 9.26 Å². The van der Waals surface area contributed by atoms with Crippen LogP contribution < -0.4 is 5.32 Å². The van der Waals surface area contributed by atoms with E-state index in [-0.39, 0.29) is 11.7 Å². The van der Waals surface area contributed by atoms with Crippen molar-refractivity contribution in [3.8, 4) is 0 Å². The molecule has 0 atom stereocenters. The molecule has 8 heteroatoms. The summed E-state index contributed by atoms with van der Waals surface area (Å²) in [4.78, 5) is 12.0. The van der Waals surface area contributed by atoms with Gasteiger partial charge >= 0.3 is 0 Å². The predicted octanol–water partition coefficient (Wildman–Crippen LogP) is 3.25. The van der Waals surface area contributed by atoms with Crippen molar-refractivity contribution in [1.29, 1.82) is 0 Å². The fourth-order valence-corrected chi connectivity index (χ4v) is 2.97. The molecule has 0 saturated carbocycles. The summed E-state index contributed by atoms with van der Waals surface area (Å²) < 4.78 is 8.29. The minimum Gasteiger partial charge on any atom is -0.467 e. The molecule has 2 heterocycles. The number of rotatable bonds is 6. The monoisotopic (exact) mass is 440 g/mol. The van der Waals surface area contributed by atoms with E-state index in [2.05, 4.69) is 38.1 Å². The van der Waals surface area contributed by atoms with Gasteiger partial charge in [0.05, 0.1) is 18.6 Å². The van der Waals surface area contributed by atoms with Crippen LogP contribution in [0.1, 0.15) is 5.76 Å². The minimum atomic E-state index is -0.0799. The molecule has 0 aliphatic heterocycles. The van der Waals surface area contributed by atoms with E-state index in [1.165, 1.54) is 11.8 Å². The fraction of sp³-hybridized carbons (Fsp3) is 0.133. The molecule has 0 aliphatic carbocycles. The van der Waals surface area contributed by atoms with Crippen molar-refractivity contribution in [3.05, 3.63) is 58.3 Å². The average Bonchev–Trinajstić information content (AvgIpc) is 3.20. The molecule has 3 aromatic rings. The van der Waals surface area contributed by atoms with Gasteiger partial charge in [-0.25, -0.2) is 0 Å². The van der Waals surface area contributed by atoms with Crippen LogP contribution in [0.5, 0.6) is 0 Å². The smallest absolute Gasteiger partial charge is 0.234 e. The molecule has 0 fully saturated rings. The highest BCUT2D eigenvalue weighted by molar-refractivity contribution is 14.1. The minimum absolute atomic E-state index is 0.0799. The standard InChI is InChI=1S/C15H13IN4O2S/c16-11-3-5-12(6-4-11)18-14(21)9-23-15-19-17-10-20(15)8-13-2-1-7-22-13/h1-7,10H,8-9H2,(H,18,21). The second-order valence-electron chi connectivity index (χ2n) is 4.66. The van der Waals surface area contributed by atoms with Gasteiger partial charge in [0.15, 0.2) is 5.16 Å². The highest BCUT2D eigenvalue weighted by Gasteiger charge is 2.10. The Morgan fingerprint density at radius 3 is 2.87 bits per heavy atom. The Labute approximate surface area is 150 Å². The zero-order valence-corrected chi connectivity index (χ0v) is 15.0. The van der Waals surface area contributed by atoms with Gasteiger partial charge in [0.1, 0.15) is 12.1 Å². The largest absolute Gasteiger partial charge is 0.467 e. The molecule has 0 aliphatic rings. The Kier molecular flexibility index (Phi) is 5.34. The molecule has 1 amide bonds. The van der Waals surface area contributed by atoms with E-state index in [1.807, 2.05) is 41.0 Å². The summed E-state index contributed by atoms with van der Waals surface area (Å²) in [7, 11) is 0. The Morgan fingerprint density at radius 2 is 2.13 bits per heavy atom. The molecule has 23 heavy (non-hydrogen) atoms. The maximum Gasteiger partial charge on any atom is 0.234 e. The lowest BCUT2D eigenvalue weighted by molar-refractivity contribution is -0.113. The topological polar surface area (TPSA) is 73.0 Å². The van der Waals surface area contributed by atoms with Crippen molar-refractivity contribution in [2.75, 3.05) is 11.1 Å². The van der Waals surface area contributed by atoms with Crippen LogP contribution in [0.2, 0.25) is 0 Å². The van der Waals surface area contributed by atoms with Crippen LogP contribution in [0.15, 0.2) is 58.6 Å². The Hall–Kier alpha value is -1.81. The Bertz CT molecular complexity index is 771. The SMILES string of the molecule is O=C(CSc1nncn1Cc1ccco1)Nc1ccc(I)cc1. The third kappa shape index (κ3) is 4.58. The van der Waals surface area contributed by atoms with Crippen LogP contribution in [0.4, 0.5) is 5.69 Å². The number of furan rings is 1. The molecule has 0 spiro atoms. The molecule has 6 nitrogen and oxygen atoms in total. The van der Waals surface area contributed by atoms with Gasteiger partial charge < -0.3 is 14.3 Å². The summed E-state index contributed by atoms with van der Waals surface area (Å²) in [5.74, 6) is 1.00. The maximum absolute atomic E-state index is 12.0. The zero-order valence-electron chi connectivity index (χ0n) is 12.0. The normalized spacial score (nSPS) is 10.7. The molecule has 0 unspecified atom stereocenters. The van der Waals surface area contributed by atoms with Gasteiger partial charge in [-0.1, -0.05) is 11.8 Å². The third-order valence-electron chi connectivity index (χ3n) is 2.95. The highest BCUT2D eigenvalue weighted by atomic mass is 127. The molecule has 0 radical (unpaired) electrons. The molecule has 2 aromatic heterocycles. The lowest BCUT2D eigenvalue weighted by Crippen LogP contribution is -2.14. The predicted molar refractivity (Wildman–Crippen MR) is 96.3 cm³/mol. The van der Waals surface area contributed by atoms with Crippen LogP contribution >= 0.6 is 34.4 Å². The summed E-state index contributed by atoms with van der Waals surface area (Å²) in [5, 5.41) is 11.5. The molecular formula is C15H13IN4O2S. The van der Waals surface area contributed by atoms with E-state index in [0.717, 1.165) is 15.0 Å². The Morgan fingerprint density at radius 1 is 1.30 bits per heavy atom. The molecule has 0 saturated heterocycles. The first kappa shape index (κ1) is 16.1. The zero-order chi connectivity index (χ0) is 16.1. The van der Waals surface area contributed by atoms with Crippen LogP contribution in [-0.2, 0) is 11.3 Å². The number of nitrogens with one attached hydrogen (secondary N) is 1. The number of hydrogen-bond acceptors (Lipinski definition) is 5. The van der Waals surface area contributed by atoms with Crippen molar-refractivity contribution in [3.63, 3.8) is 0 Å². The van der Waals surface area contributed by atoms with Gasteiger partial charge in [0.2, 0.25) is 5.91 Å². The van der Waals surface area contributed by atoms with E-state index >= 15 is 0 Å². The molecule has 1 aromatic carbocycles. The van der Waals surface area contributed by atoms with Crippen molar-refractivity contribution >= 4 is 45.9 Å². The van der Waals surface area contributed by atoms with E-state index in [4.69, 9.17) is 4.42 Å². The number of hydrogen-bond donors (Lipinski definition) is 1. The second kappa shape index (κ2) is 7.64. The second-order valence-corrected chi connectivity index (χ2v) is 6.85. The van der Waals surface area contributed by atoms with Gasteiger partial charge in [-0.15, -0.1) is 10.2 Å². The average molecular weight is 440 g/mol. The number of carbonyl (C=O) groups excluding carboxylic acids is 1. The summed E-state index contributed by atoms with van der Waals surface area (Å²) in [6, 6.07) is 11.4. The number of thioether (sulfide) groups is 1. The summed E-state index contributed by atoms with van der Waals surface area (Å²) in [6.45, 7) is 0.543. The lowest BCUT2D eigenvalue weighted by atomic mass is 10.3. The van der Waals surface area contributed by atoms with Crippen molar-refractivity contribution < 1.29 is 9.21 Å². The van der Waals surface area contributed by atoms with Gasteiger partial charge in [-0.05, 0) is 59.0 Å². The highest BCUT2D eigenvalue weighted by Crippen LogP contribution is 2.17. The van der Waals surface area contributed by atoms with E-state index in [0.29, 0.717) is 11.7 Å². The van der Waals surface area contributed by atoms with E-state index < -0.39 is 0 Å². The number of halogens is 1. The molecule has 0 bridgehead atoms. The maximum atomic E-state index is 12.0. The van der Waals surface area contributed by atoms with Gasteiger partial charge in [-0.3, -0.25) is 4.79 Å². The van der Waals surface area contributed by atoms with Crippen LogP contribution in [0.25, 0.3) is 0 Å². The number of carbonyl (C=O) groups is 1. The van der Waals surface area contributed by atoms with Gasteiger partial charge in [0.25, 0.3) is 0 Å². The van der Waals surface area contributed by atoms with E-state index in [1.54, 1.807) is 12.6 Å². The molecule has 118 valence electrons. The fourth-order valence-electron chi connectivity index (χ4n) is 1.90. The summed E-state index contributed by atoms with van der Waals surface area (Å²) in [5.41, 5.74) is 0.785. The van der Waals surface area contributed by atoms with Crippen LogP contribution in [0, 0.1) is 3.57 Å². The summed E-state index contributed by atoms with van der Waals surface area (Å²) in [6.07, 6.45) is 3.25. The number of anilines is 1.